The Morgan fingerprint density at radius 2 is 1.29 bits per heavy atom. The van der Waals surface area contributed by atoms with E-state index in [-0.39, 0.29) is 25.7 Å². The van der Waals surface area contributed by atoms with Gasteiger partial charge in [-0.15, -0.1) is 0 Å². The molecule has 0 radical (unpaired) electrons. The zero-order chi connectivity index (χ0) is 29.8. The number of benzene rings is 1. The van der Waals surface area contributed by atoms with Crippen molar-refractivity contribution in [2.45, 2.75) is 56.3 Å². The van der Waals surface area contributed by atoms with Crippen molar-refractivity contribution >= 4 is 29.7 Å². The number of nitrogens with zero attached hydrogens (tertiary/aromatic N) is 2. The number of nitrogens with one attached hydrogen (secondary N) is 5. The maximum absolute atomic E-state index is 13.5. The quantitative estimate of drug-likeness (QED) is 0.103. The molecule has 3 rings (SSSR count). The Bertz CT molecular complexity index is 1300. The number of carboxylic acids is 2. The minimum Gasteiger partial charge on any atom is -0.481 e. The zero-order valence-corrected chi connectivity index (χ0v) is 21.9. The molecule has 4 unspecified atom stereocenters. The van der Waals surface area contributed by atoms with Crippen molar-refractivity contribution < 1.29 is 34.2 Å². The van der Waals surface area contributed by atoms with Crippen LogP contribution in [0, 0.1) is 0 Å². The average molecular weight is 569 g/mol. The molecule has 15 heteroatoms. The number of aliphatic carboxylic acids is 2. The molecule has 0 spiro atoms. The van der Waals surface area contributed by atoms with Gasteiger partial charge in [0.15, 0.2) is 0 Å². The number of carbonyl (C=O) groups is 5. The predicted octanol–water partition coefficient (Wildman–Crippen LogP) is -1.11. The molecule has 0 saturated carbocycles. The molecule has 9 N–H and O–H groups in total. The number of amides is 3. The largest absolute Gasteiger partial charge is 0.481 e. The van der Waals surface area contributed by atoms with E-state index in [2.05, 4.69) is 35.9 Å². The van der Waals surface area contributed by atoms with Crippen molar-refractivity contribution in [2.24, 2.45) is 5.73 Å². The fourth-order valence-electron chi connectivity index (χ4n) is 3.96. The highest BCUT2D eigenvalue weighted by Crippen LogP contribution is 2.08. The molecule has 0 aliphatic carbocycles. The minimum absolute atomic E-state index is 0.0734. The molecule has 1 aromatic carbocycles. The summed E-state index contributed by atoms with van der Waals surface area (Å²) < 4.78 is 0. The van der Waals surface area contributed by atoms with Crippen molar-refractivity contribution in [3.8, 4) is 0 Å². The first-order valence-electron chi connectivity index (χ1n) is 12.7. The first-order chi connectivity index (χ1) is 19.6. The van der Waals surface area contributed by atoms with E-state index in [1.807, 2.05) is 0 Å². The Labute approximate surface area is 234 Å². The summed E-state index contributed by atoms with van der Waals surface area (Å²) in [6.45, 7) is 0. The first-order valence-corrected chi connectivity index (χ1v) is 12.7. The predicted molar refractivity (Wildman–Crippen MR) is 143 cm³/mol. The fourth-order valence-corrected chi connectivity index (χ4v) is 3.96. The molecule has 3 amide bonds. The van der Waals surface area contributed by atoms with Gasteiger partial charge >= 0.3 is 11.9 Å². The number of aromatic amines is 2. The van der Waals surface area contributed by atoms with Crippen LogP contribution >= 0.6 is 0 Å². The molecule has 0 saturated heterocycles. The van der Waals surface area contributed by atoms with E-state index in [9.17, 15) is 29.1 Å². The van der Waals surface area contributed by atoms with E-state index < -0.39 is 60.2 Å². The summed E-state index contributed by atoms with van der Waals surface area (Å²) in [5.41, 5.74) is 7.88. The standard InChI is InChI=1S/C26H32N8O7/c27-18(9-16-11-28-13-30-16)23(37)33-20(8-15-4-2-1-3-5-15)24(38)34-21(10-17-12-29-14-31-17)25(39)32-19(26(40)41)6-7-22(35)36/h1-5,11-14,18-21H,6-10,27H2,(H,28,30)(H,29,31)(H,32,39)(H,33,37)(H,34,38)(H,35,36)(H,40,41). The lowest BCUT2D eigenvalue weighted by Gasteiger charge is -2.25. The normalized spacial score (nSPS) is 13.8. The Hall–Kier alpha value is -5.05. The lowest BCUT2D eigenvalue weighted by Crippen LogP contribution is -2.58. The van der Waals surface area contributed by atoms with E-state index in [1.54, 1.807) is 30.3 Å². The number of hydrogen-bond acceptors (Lipinski definition) is 8. The van der Waals surface area contributed by atoms with E-state index in [0.29, 0.717) is 11.4 Å². The second-order valence-corrected chi connectivity index (χ2v) is 9.31. The first kappa shape index (κ1) is 30.5. The molecule has 2 heterocycles. The maximum atomic E-state index is 13.5. The van der Waals surface area contributed by atoms with Crippen LogP contribution in [0.25, 0.3) is 0 Å². The van der Waals surface area contributed by atoms with E-state index in [1.165, 1.54) is 25.0 Å². The third kappa shape index (κ3) is 9.89. The molecule has 2 aromatic heterocycles. The van der Waals surface area contributed by atoms with Gasteiger partial charge in [0, 0.05) is 49.5 Å². The van der Waals surface area contributed by atoms with E-state index in [4.69, 9.17) is 10.8 Å². The molecule has 0 aliphatic heterocycles. The molecular weight excluding hydrogens is 536 g/mol. The van der Waals surface area contributed by atoms with Gasteiger partial charge in [0.2, 0.25) is 17.7 Å². The Morgan fingerprint density at radius 3 is 1.83 bits per heavy atom. The zero-order valence-electron chi connectivity index (χ0n) is 21.9. The molecule has 0 bridgehead atoms. The number of carbonyl (C=O) groups excluding carboxylic acids is 3. The third-order valence-electron chi connectivity index (χ3n) is 6.12. The van der Waals surface area contributed by atoms with E-state index >= 15 is 0 Å². The van der Waals surface area contributed by atoms with Crippen LogP contribution in [0.2, 0.25) is 0 Å². The van der Waals surface area contributed by atoms with Gasteiger partial charge in [-0.1, -0.05) is 30.3 Å². The summed E-state index contributed by atoms with van der Waals surface area (Å²) in [6.07, 6.45) is 5.07. The summed E-state index contributed by atoms with van der Waals surface area (Å²) >= 11 is 0. The summed E-state index contributed by atoms with van der Waals surface area (Å²) in [6, 6.07) is 3.95. The molecule has 0 aliphatic rings. The van der Waals surface area contributed by atoms with Crippen LogP contribution in [0.4, 0.5) is 0 Å². The van der Waals surface area contributed by atoms with Crippen LogP contribution < -0.4 is 21.7 Å². The second-order valence-electron chi connectivity index (χ2n) is 9.31. The monoisotopic (exact) mass is 568 g/mol. The molecule has 3 aromatic rings. The van der Waals surface area contributed by atoms with Crippen molar-refractivity contribution in [1.29, 1.82) is 0 Å². The fraction of sp³-hybridized carbons (Fsp3) is 0.346. The van der Waals surface area contributed by atoms with Crippen molar-refractivity contribution in [3.05, 3.63) is 72.3 Å². The highest BCUT2D eigenvalue weighted by atomic mass is 16.4. The maximum Gasteiger partial charge on any atom is 0.326 e. The van der Waals surface area contributed by atoms with Gasteiger partial charge in [0.1, 0.15) is 18.1 Å². The molecule has 41 heavy (non-hydrogen) atoms. The van der Waals surface area contributed by atoms with Crippen LogP contribution in [0.1, 0.15) is 29.8 Å². The summed E-state index contributed by atoms with van der Waals surface area (Å²) in [7, 11) is 0. The summed E-state index contributed by atoms with van der Waals surface area (Å²) in [5.74, 6) is -4.82. The number of nitrogens with two attached hydrogens (primary N) is 1. The Morgan fingerprint density at radius 1 is 0.756 bits per heavy atom. The molecule has 4 atom stereocenters. The minimum atomic E-state index is -1.50. The Kier molecular flexibility index (Phi) is 11.1. The highest BCUT2D eigenvalue weighted by molar-refractivity contribution is 5.94. The SMILES string of the molecule is NC(Cc1cnc[nH]1)C(=O)NC(Cc1ccccc1)C(=O)NC(Cc1cnc[nH]1)C(=O)NC(CCC(=O)O)C(=O)O. The number of carboxylic acid groups (broad SMARTS) is 2. The lowest BCUT2D eigenvalue weighted by molar-refractivity contribution is -0.143. The summed E-state index contributed by atoms with van der Waals surface area (Å²) in [4.78, 5) is 75.7. The van der Waals surface area contributed by atoms with Gasteiger partial charge in [0.05, 0.1) is 18.7 Å². The van der Waals surface area contributed by atoms with Crippen LogP contribution in [0.5, 0.6) is 0 Å². The van der Waals surface area contributed by atoms with Crippen molar-refractivity contribution in [1.82, 2.24) is 35.9 Å². The molecule has 0 fully saturated rings. The van der Waals surface area contributed by atoms with Gasteiger partial charge in [-0.2, -0.15) is 0 Å². The highest BCUT2D eigenvalue weighted by Gasteiger charge is 2.31. The Balaban J connectivity index is 1.78. The van der Waals surface area contributed by atoms with Crippen LogP contribution in [0.3, 0.4) is 0 Å². The molecular formula is C26H32N8O7. The van der Waals surface area contributed by atoms with Gasteiger partial charge in [0.25, 0.3) is 0 Å². The van der Waals surface area contributed by atoms with Gasteiger partial charge in [-0.25, -0.2) is 14.8 Å². The van der Waals surface area contributed by atoms with Crippen LogP contribution in [-0.4, -0.2) is 84.0 Å². The van der Waals surface area contributed by atoms with Gasteiger partial charge < -0.3 is 41.9 Å². The third-order valence-corrected chi connectivity index (χ3v) is 6.12. The number of imidazole rings is 2. The second kappa shape index (κ2) is 14.9. The molecule has 218 valence electrons. The molecule has 15 nitrogen and oxygen atoms in total. The number of hydrogen-bond donors (Lipinski definition) is 8. The van der Waals surface area contributed by atoms with Crippen LogP contribution in [0.15, 0.2) is 55.4 Å². The van der Waals surface area contributed by atoms with Crippen molar-refractivity contribution in [3.63, 3.8) is 0 Å². The smallest absolute Gasteiger partial charge is 0.326 e. The van der Waals surface area contributed by atoms with Gasteiger partial charge in [-0.3, -0.25) is 19.2 Å². The topological polar surface area (TPSA) is 245 Å². The van der Waals surface area contributed by atoms with Crippen LogP contribution in [-0.2, 0) is 43.2 Å². The number of H-pyrrole nitrogens is 2. The van der Waals surface area contributed by atoms with Crippen molar-refractivity contribution in [2.75, 3.05) is 0 Å². The lowest BCUT2D eigenvalue weighted by atomic mass is 10.0. The van der Waals surface area contributed by atoms with Gasteiger partial charge in [-0.05, 0) is 12.0 Å². The average Bonchev–Trinajstić information content (AvgIpc) is 3.65. The number of aromatic nitrogens is 4. The summed E-state index contributed by atoms with van der Waals surface area (Å²) in [5, 5.41) is 25.9. The van der Waals surface area contributed by atoms with E-state index in [0.717, 1.165) is 5.56 Å². The number of rotatable bonds is 16.